The van der Waals surface area contributed by atoms with Crippen LogP contribution in [0.3, 0.4) is 0 Å². The summed E-state index contributed by atoms with van der Waals surface area (Å²) in [6.07, 6.45) is 0.864. The fourth-order valence-electron chi connectivity index (χ4n) is 1.60. The van der Waals surface area contributed by atoms with Gasteiger partial charge in [-0.15, -0.1) is 0 Å². The zero-order valence-electron chi connectivity index (χ0n) is 11.2. The number of primary amides is 1. The average molecular weight is 264 g/mol. The van der Waals surface area contributed by atoms with E-state index < -0.39 is 11.9 Å². The molecule has 0 saturated heterocycles. The van der Waals surface area contributed by atoms with E-state index in [1.165, 1.54) is 6.07 Å². The predicted molar refractivity (Wildman–Crippen MR) is 75.8 cm³/mol. The number of rotatable bonds is 6. The number of hydrogen-bond acceptors (Lipinski definition) is 4. The van der Waals surface area contributed by atoms with E-state index >= 15 is 0 Å². The molecule has 0 heterocycles. The highest BCUT2D eigenvalue weighted by Crippen LogP contribution is 2.19. The van der Waals surface area contributed by atoms with E-state index in [0.717, 1.165) is 6.42 Å². The fraction of sp³-hybridized carbons (Fsp3) is 0.385. The molecule has 104 valence electrons. The van der Waals surface area contributed by atoms with E-state index in [0.29, 0.717) is 23.5 Å². The molecule has 0 aromatic heterocycles. The number of nitrogen functional groups attached to an aromatic ring is 1. The number of nitrogens with two attached hydrogens (primary N) is 2. The van der Waals surface area contributed by atoms with Gasteiger partial charge in [0.1, 0.15) is 6.04 Å². The maximum atomic E-state index is 11.8. The Labute approximate surface area is 112 Å². The predicted octanol–water partition coefficient (Wildman–Crippen LogP) is 0.694. The van der Waals surface area contributed by atoms with Crippen molar-refractivity contribution in [3.8, 4) is 0 Å². The third-order valence-corrected chi connectivity index (χ3v) is 2.62. The number of anilines is 2. The van der Waals surface area contributed by atoms with Gasteiger partial charge in [0.05, 0.1) is 5.56 Å². The lowest BCUT2D eigenvalue weighted by Gasteiger charge is -2.17. The molecule has 1 atom stereocenters. The number of nitrogens with one attached hydrogen (secondary N) is 2. The monoisotopic (exact) mass is 264 g/mol. The van der Waals surface area contributed by atoms with Gasteiger partial charge in [0.15, 0.2) is 0 Å². The molecule has 1 rings (SSSR count). The smallest absolute Gasteiger partial charge is 0.250 e. The summed E-state index contributed by atoms with van der Waals surface area (Å²) < 4.78 is 0. The zero-order valence-corrected chi connectivity index (χ0v) is 11.2. The molecule has 0 spiro atoms. The second-order valence-electron chi connectivity index (χ2n) is 4.33. The molecule has 1 unspecified atom stereocenters. The standard InChI is InChI=1S/C13H20N4O2/c1-3-6-16-13(19)8(2)17-11-7-9(14)4-5-10(11)12(15)18/h4-5,7-8,17H,3,6,14H2,1-2H3,(H2,15,18)(H,16,19). The highest BCUT2D eigenvalue weighted by Gasteiger charge is 2.15. The number of hydrogen-bond donors (Lipinski definition) is 4. The van der Waals surface area contributed by atoms with Crippen LogP contribution in [0.25, 0.3) is 0 Å². The molecule has 19 heavy (non-hydrogen) atoms. The quantitative estimate of drug-likeness (QED) is 0.567. The molecule has 6 N–H and O–H groups in total. The lowest BCUT2D eigenvalue weighted by Crippen LogP contribution is -2.38. The van der Waals surface area contributed by atoms with E-state index in [1.54, 1.807) is 19.1 Å². The first kappa shape index (κ1) is 14.8. The lowest BCUT2D eigenvalue weighted by atomic mass is 10.1. The maximum absolute atomic E-state index is 11.8. The largest absolute Gasteiger partial charge is 0.399 e. The van der Waals surface area contributed by atoms with E-state index in [1.807, 2.05) is 6.92 Å². The first-order valence-corrected chi connectivity index (χ1v) is 6.19. The van der Waals surface area contributed by atoms with Gasteiger partial charge in [-0.25, -0.2) is 0 Å². The fourth-order valence-corrected chi connectivity index (χ4v) is 1.60. The van der Waals surface area contributed by atoms with Crippen LogP contribution in [0.5, 0.6) is 0 Å². The maximum Gasteiger partial charge on any atom is 0.250 e. The van der Waals surface area contributed by atoms with Gasteiger partial charge in [-0.1, -0.05) is 6.92 Å². The van der Waals surface area contributed by atoms with Crippen molar-refractivity contribution < 1.29 is 9.59 Å². The Bertz CT molecular complexity index is 474. The van der Waals surface area contributed by atoms with Gasteiger partial charge in [-0.3, -0.25) is 9.59 Å². The third kappa shape index (κ3) is 4.17. The summed E-state index contributed by atoms with van der Waals surface area (Å²) in [6, 6.07) is 4.24. The molecule has 0 radical (unpaired) electrons. The van der Waals surface area contributed by atoms with E-state index in [4.69, 9.17) is 11.5 Å². The average Bonchev–Trinajstić information content (AvgIpc) is 2.35. The van der Waals surface area contributed by atoms with E-state index in [9.17, 15) is 9.59 Å². The van der Waals surface area contributed by atoms with Crippen molar-refractivity contribution in [1.82, 2.24) is 5.32 Å². The molecule has 0 aliphatic rings. The molecule has 2 amide bonds. The normalized spacial score (nSPS) is 11.7. The van der Waals surface area contributed by atoms with Crippen LogP contribution < -0.4 is 22.1 Å². The Hall–Kier alpha value is -2.24. The molecule has 1 aromatic rings. The van der Waals surface area contributed by atoms with Crippen molar-refractivity contribution in [2.24, 2.45) is 5.73 Å². The number of amides is 2. The summed E-state index contributed by atoms with van der Waals surface area (Å²) in [6.45, 7) is 4.30. The van der Waals surface area contributed by atoms with Crippen molar-refractivity contribution in [2.75, 3.05) is 17.6 Å². The van der Waals surface area contributed by atoms with Crippen LogP contribution in [0.1, 0.15) is 30.6 Å². The van der Waals surface area contributed by atoms with Gasteiger partial charge in [0, 0.05) is 17.9 Å². The zero-order chi connectivity index (χ0) is 14.4. The third-order valence-electron chi connectivity index (χ3n) is 2.62. The molecule has 1 aromatic carbocycles. The van der Waals surface area contributed by atoms with Gasteiger partial charge in [-0.05, 0) is 31.5 Å². The lowest BCUT2D eigenvalue weighted by molar-refractivity contribution is -0.121. The molecule has 0 bridgehead atoms. The van der Waals surface area contributed by atoms with Crippen molar-refractivity contribution in [2.45, 2.75) is 26.3 Å². The van der Waals surface area contributed by atoms with Crippen LogP contribution in [0, 0.1) is 0 Å². The Kier molecular flexibility index (Phi) is 5.17. The molecule has 0 saturated carbocycles. The summed E-state index contributed by atoms with van der Waals surface area (Å²) in [5, 5.41) is 5.72. The molecule has 6 heteroatoms. The van der Waals surface area contributed by atoms with Gasteiger partial charge >= 0.3 is 0 Å². The van der Waals surface area contributed by atoms with Crippen LogP contribution >= 0.6 is 0 Å². The Balaban J connectivity index is 2.83. The second-order valence-corrected chi connectivity index (χ2v) is 4.33. The minimum Gasteiger partial charge on any atom is -0.399 e. The van der Waals surface area contributed by atoms with Crippen LogP contribution in [0.4, 0.5) is 11.4 Å². The van der Waals surface area contributed by atoms with Gasteiger partial charge in [-0.2, -0.15) is 0 Å². The first-order valence-electron chi connectivity index (χ1n) is 6.19. The number of benzene rings is 1. The minimum absolute atomic E-state index is 0.139. The Morgan fingerprint density at radius 2 is 2.05 bits per heavy atom. The van der Waals surface area contributed by atoms with Crippen molar-refractivity contribution in [1.29, 1.82) is 0 Å². The molecule has 6 nitrogen and oxygen atoms in total. The molecule has 0 fully saturated rings. The molecule has 0 aliphatic carbocycles. The Morgan fingerprint density at radius 3 is 2.63 bits per heavy atom. The number of carbonyl (C=O) groups excluding carboxylic acids is 2. The van der Waals surface area contributed by atoms with Crippen molar-refractivity contribution in [3.05, 3.63) is 23.8 Å². The topological polar surface area (TPSA) is 110 Å². The van der Waals surface area contributed by atoms with Gasteiger partial charge in [0.25, 0.3) is 5.91 Å². The molecular formula is C13H20N4O2. The van der Waals surface area contributed by atoms with E-state index in [2.05, 4.69) is 10.6 Å². The highest BCUT2D eigenvalue weighted by molar-refractivity contribution is 6.00. The van der Waals surface area contributed by atoms with Crippen LogP contribution in [-0.4, -0.2) is 24.4 Å². The summed E-state index contributed by atoms with van der Waals surface area (Å²) in [7, 11) is 0. The van der Waals surface area contributed by atoms with Crippen LogP contribution in [0.2, 0.25) is 0 Å². The van der Waals surface area contributed by atoms with E-state index in [-0.39, 0.29) is 5.91 Å². The van der Waals surface area contributed by atoms with Gasteiger partial charge in [0.2, 0.25) is 5.91 Å². The SMILES string of the molecule is CCCNC(=O)C(C)Nc1cc(N)ccc1C(N)=O. The van der Waals surface area contributed by atoms with Crippen LogP contribution in [-0.2, 0) is 4.79 Å². The minimum atomic E-state index is -0.566. The summed E-state index contributed by atoms with van der Waals surface area (Å²) in [5.74, 6) is -0.705. The molecule has 0 aliphatic heterocycles. The Morgan fingerprint density at radius 1 is 1.37 bits per heavy atom. The molecular weight excluding hydrogens is 244 g/mol. The second kappa shape index (κ2) is 6.63. The number of carbonyl (C=O) groups is 2. The van der Waals surface area contributed by atoms with Crippen molar-refractivity contribution >= 4 is 23.2 Å². The van der Waals surface area contributed by atoms with Crippen molar-refractivity contribution in [3.63, 3.8) is 0 Å². The van der Waals surface area contributed by atoms with Gasteiger partial charge < -0.3 is 22.1 Å². The summed E-state index contributed by atoms with van der Waals surface area (Å²) in [5.41, 5.74) is 12.2. The summed E-state index contributed by atoms with van der Waals surface area (Å²) >= 11 is 0. The summed E-state index contributed by atoms with van der Waals surface area (Å²) in [4.78, 5) is 23.0. The van der Waals surface area contributed by atoms with Crippen LogP contribution in [0.15, 0.2) is 18.2 Å². The first-order chi connectivity index (χ1) is 8.95. The highest BCUT2D eigenvalue weighted by atomic mass is 16.2.